The minimum Gasteiger partial charge on any atom is -0.357 e. The van der Waals surface area contributed by atoms with E-state index in [4.69, 9.17) is 0 Å². The van der Waals surface area contributed by atoms with Gasteiger partial charge in [-0.2, -0.15) is 0 Å². The van der Waals surface area contributed by atoms with Gasteiger partial charge in [0, 0.05) is 38.9 Å². The van der Waals surface area contributed by atoms with Crippen LogP contribution in [0, 0.1) is 12.8 Å². The third kappa shape index (κ3) is 3.56. The van der Waals surface area contributed by atoms with Crippen molar-refractivity contribution in [2.75, 3.05) is 23.3 Å². The van der Waals surface area contributed by atoms with Crippen LogP contribution < -0.4 is 21.5 Å². The van der Waals surface area contributed by atoms with Gasteiger partial charge in [0.15, 0.2) is 0 Å². The average Bonchev–Trinajstić information content (AvgIpc) is 2.63. The number of nitrogens with zero attached hydrogens (tertiary/aromatic N) is 3. The van der Waals surface area contributed by atoms with E-state index in [1.807, 2.05) is 36.1 Å². The van der Waals surface area contributed by atoms with Gasteiger partial charge in [-0.05, 0) is 37.5 Å². The summed E-state index contributed by atoms with van der Waals surface area (Å²) in [5.41, 5.74) is 1.17. The number of carbonyl (C=O) groups is 1. The summed E-state index contributed by atoms with van der Waals surface area (Å²) in [5.74, 6) is 0.337. The zero-order chi connectivity index (χ0) is 18.8. The van der Waals surface area contributed by atoms with Crippen molar-refractivity contribution in [3.63, 3.8) is 0 Å². The van der Waals surface area contributed by atoms with Crippen LogP contribution in [0.15, 0.2) is 39.9 Å². The molecule has 0 bridgehead atoms. The van der Waals surface area contributed by atoms with Crippen LogP contribution in [-0.2, 0) is 18.9 Å². The predicted molar refractivity (Wildman–Crippen MR) is 102 cm³/mol. The smallest absolute Gasteiger partial charge is 0.332 e. The minimum atomic E-state index is -0.362. The molecule has 1 atom stereocenters. The van der Waals surface area contributed by atoms with Crippen LogP contribution in [0.2, 0.25) is 0 Å². The maximum atomic E-state index is 12.7. The van der Waals surface area contributed by atoms with Crippen molar-refractivity contribution in [2.45, 2.75) is 19.8 Å². The molecule has 1 aliphatic heterocycles. The summed E-state index contributed by atoms with van der Waals surface area (Å²) in [6.07, 6.45) is 1.61. The van der Waals surface area contributed by atoms with E-state index in [1.54, 1.807) is 7.05 Å². The first-order chi connectivity index (χ1) is 12.4. The second-order valence-corrected chi connectivity index (χ2v) is 6.89. The van der Waals surface area contributed by atoms with Crippen molar-refractivity contribution >= 4 is 17.4 Å². The molecule has 3 rings (SSSR count). The fraction of sp³-hybridized carbons (Fsp3) is 0.421. The van der Waals surface area contributed by atoms with E-state index in [9.17, 15) is 14.4 Å². The molecule has 7 heteroatoms. The van der Waals surface area contributed by atoms with Crippen LogP contribution in [0.25, 0.3) is 0 Å². The quantitative estimate of drug-likeness (QED) is 0.898. The first-order valence-electron chi connectivity index (χ1n) is 8.76. The topological polar surface area (TPSA) is 76.3 Å². The number of aryl methyl sites for hydroxylation is 1. The monoisotopic (exact) mass is 356 g/mol. The number of aromatic nitrogens is 2. The summed E-state index contributed by atoms with van der Waals surface area (Å²) >= 11 is 0. The minimum absolute atomic E-state index is 0.0332. The molecule has 1 N–H and O–H groups in total. The van der Waals surface area contributed by atoms with Crippen molar-refractivity contribution in [2.24, 2.45) is 20.0 Å². The molecule has 1 aromatic heterocycles. The highest BCUT2D eigenvalue weighted by molar-refractivity contribution is 5.93. The number of piperidine rings is 1. The summed E-state index contributed by atoms with van der Waals surface area (Å²) in [7, 11) is 3.11. The Hall–Kier alpha value is -2.83. The fourth-order valence-electron chi connectivity index (χ4n) is 3.39. The Balaban J connectivity index is 1.78. The molecule has 1 amide bonds. The van der Waals surface area contributed by atoms with E-state index in [-0.39, 0.29) is 23.1 Å². The van der Waals surface area contributed by atoms with Gasteiger partial charge < -0.3 is 10.2 Å². The number of benzene rings is 1. The van der Waals surface area contributed by atoms with E-state index in [1.165, 1.54) is 17.7 Å². The number of hydrogen-bond donors (Lipinski definition) is 1. The molecule has 0 aliphatic carbocycles. The first kappa shape index (κ1) is 18.0. The lowest BCUT2D eigenvalue weighted by molar-refractivity contribution is -0.120. The molecule has 1 aromatic carbocycles. The van der Waals surface area contributed by atoms with Gasteiger partial charge >= 0.3 is 5.69 Å². The van der Waals surface area contributed by atoms with Crippen molar-refractivity contribution in [3.05, 3.63) is 56.7 Å². The largest absolute Gasteiger partial charge is 0.357 e. The summed E-state index contributed by atoms with van der Waals surface area (Å²) in [5, 5.41) is 2.97. The molecule has 138 valence electrons. The van der Waals surface area contributed by atoms with Crippen molar-refractivity contribution < 1.29 is 4.79 Å². The Bertz CT molecular complexity index is 945. The molecular formula is C19H24N4O3. The van der Waals surface area contributed by atoms with Crippen LogP contribution in [0.4, 0.5) is 11.5 Å². The molecule has 0 spiro atoms. The number of carbonyl (C=O) groups excluding carboxylic acids is 1. The fourth-order valence-corrected chi connectivity index (χ4v) is 3.39. The van der Waals surface area contributed by atoms with E-state index in [0.717, 1.165) is 28.7 Å². The van der Waals surface area contributed by atoms with Crippen LogP contribution in [-0.4, -0.2) is 28.1 Å². The van der Waals surface area contributed by atoms with Gasteiger partial charge in [0.25, 0.3) is 5.56 Å². The van der Waals surface area contributed by atoms with Crippen LogP contribution in [0.1, 0.15) is 18.4 Å². The Morgan fingerprint density at radius 2 is 1.92 bits per heavy atom. The van der Waals surface area contributed by atoms with Crippen molar-refractivity contribution in [3.8, 4) is 0 Å². The molecule has 0 radical (unpaired) electrons. The van der Waals surface area contributed by atoms with E-state index < -0.39 is 0 Å². The number of amides is 1. The van der Waals surface area contributed by atoms with E-state index >= 15 is 0 Å². The summed E-state index contributed by atoms with van der Waals surface area (Å²) in [6, 6.07) is 9.16. The van der Waals surface area contributed by atoms with Gasteiger partial charge in [0.2, 0.25) is 5.91 Å². The number of hydrogen-bond acceptors (Lipinski definition) is 4. The third-order valence-electron chi connectivity index (χ3n) is 4.90. The Labute approximate surface area is 151 Å². The van der Waals surface area contributed by atoms with E-state index in [2.05, 4.69) is 5.32 Å². The zero-order valence-electron chi connectivity index (χ0n) is 15.4. The molecule has 1 saturated heterocycles. The SMILES string of the molecule is Cc1cccc(NC(=O)C2CCCN(c3cc(=O)n(C)c(=O)n3C)C2)c1. The third-order valence-corrected chi connectivity index (χ3v) is 4.90. The lowest BCUT2D eigenvalue weighted by Crippen LogP contribution is -2.45. The molecule has 26 heavy (non-hydrogen) atoms. The van der Waals surface area contributed by atoms with Crippen molar-refractivity contribution in [1.82, 2.24) is 9.13 Å². The molecule has 1 aliphatic rings. The second kappa shape index (κ2) is 7.19. The predicted octanol–water partition coefficient (Wildman–Crippen LogP) is 1.25. The highest BCUT2D eigenvalue weighted by Gasteiger charge is 2.27. The lowest BCUT2D eigenvalue weighted by Gasteiger charge is -2.34. The maximum Gasteiger partial charge on any atom is 0.332 e. The Morgan fingerprint density at radius 1 is 1.15 bits per heavy atom. The van der Waals surface area contributed by atoms with Gasteiger partial charge in [-0.3, -0.25) is 18.7 Å². The highest BCUT2D eigenvalue weighted by Crippen LogP contribution is 2.23. The van der Waals surface area contributed by atoms with Gasteiger partial charge in [-0.1, -0.05) is 12.1 Å². The maximum absolute atomic E-state index is 12.7. The number of nitrogens with one attached hydrogen (secondary N) is 1. The Morgan fingerprint density at radius 3 is 2.65 bits per heavy atom. The number of rotatable bonds is 3. The molecule has 1 fully saturated rings. The number of anilines is 2. The summed E-state index contributed by atoms with van der Waals surface area (Å²) in [4.78, 5) is 38.8. The zero-order valence-corrected chi connectivity index (χ0v) is 15.4. The summed E-state index contributed by atoms with van der Waals surface area (Å²) in [6.45, 7) is 3.18. The highest BCUT2D eigenvalue weighted by atomic mass is 16.2. The van der Waals surface area contributed by atoms with Gasteiger partial charge in [0.05, 0.1) is 5.92 Å². The van der Waals surface area contributed by atoms with Gasteiger partial charge in [-0.15, -0.1) is 0 Å². The lowest BCUT2D eigenvalue weighted by atomic mass is 9.97. The standard InChI is InChI=1S/C19H24N4O3/c1-13-6-4-8-15(10-13)20-18(25)14-7-5-9-23(12-14)16-11-17(24)22(3)19(26)21(16)2/h4,6,8,10-11,14H,5,7,9,12H2,1-3H3,(H,20,25). The summed E-state index contributed by atoms with van der Waals surface area (Å²) < 4.78 is 2.54. The second-order valence-electron chi connectivity index (χ2n) is 6.89. The van der Waals surface area contributed by atoms with Gasteiger partial charge in [-0.25, -0.2) is 4.79 Å². The van der Waals surface area contributed by atoms with Crippen LogP contribution >= 0.6 is 0 Å². The van der Waals surface area contributed by atoms with Gasteiger partial charge in [0.1, 0.15) is 5.82 Å². The molecular weight excluding hydrogens is 332 g/mol. The van der Waals surface area contributed by atoms with E-state index in [0.29, 0.717) is 18.9 Å². The molecule has 1 unspecified atom stereocenters. The van der Waals surface area contributed by atoms with Crippen molar-refractivity contribution in [1.29, 1.82) is 0 Å². The van der Waals surface area contributed by atoms with Crippen LogP contribution in [0.5, 0.6) is 0 Å². The van der Waals surface area contributed by atoms with Crippen LogP contribution in [0.3, 0.4) is 0 Å². The molecule has 7 nitrogen and oxygen atoms in total. The Kier molecular flexibility index (Phi) is 4.97. The molecule has 2 aromatic rings. The molecule has 0 saturated carbocycles. The molecule has 2 heterocycles. The normalized spacial score (nSPS) is 17.2. The first-order valence-corrected chi connectivity index (χ1v) is 8.76. The average molecular weight is 356 g/mol.